The molecule has 1 aromatic rings. The molecule has 2 aliphatic rings. The lowest BCUT2D eigenvalue weighted by molar-refractivity contribution is 0.271. The first kappa shape index (κ1) is 11.8. The second-order valence-corrected chi connectivity index (χ2v) is 6.49. The second-order valence-electron chi connectivity index (χ2n) is 5.33. The normalized spacial score (nSPS) is 32.6. The Labute approximate surface area is 117 Å². The monoisotopic (exact) mass is 342 g/mol. The van der Waals surface area contributed by atoms with E-state index >= 15 is 0 Å². The molecule has 0 radical (unpaired) electrons. The van der Waals surface area contributed by atoms with Crippen molar-refractivity contribution in [2.24, 2.45) is 5.73 Å². The Morgan fingerprint density at radius 3 is 2.41 bits per heavy atom. The molecule has 2 heterocycles. The van der Waals surface area contributed by atoms with Gasteiger partial charge in [-0.25, -0.2) is 0 Å². The van der Waals surface area contributed by atoms with E-state index in [-0.39, 0.29) is 0 Å². The number of hydrogen-bond donors (Lipinski definition) is 1. The molecule has 2 aliphatic heterocycles. The van der Waals surface area contributed by atoms with Crippen LogP contribution in [-0.2, 0) is 0 Å². The summed E-state index contributed by atoms with van der Waals surface area (Å²) in [6.45, 7) is 0. The Balaban J connectivity index is 1.94. The molecule has 2 unspecified atom stereocenters. The molecule has 0 saturated carbocycles. The van der Waals surface area contributed by atoms with E-state index in [0.717, 1.165) is 0 Å². The van der Waals surface area contributed by atoms with Crippen LogP contribution in [0.3, 0.4) is 0 Å². The number of para-hydroxylation sites is 1. The summed E-state index contributed by atoms with van der Waals surface area (Å²) in [5.74, 6) is 0. The molecule has 3 heteroatoms. The first-order chi connectivity index (χ1) is 8.25. The van der Waals surface area contributed by atoms with E-state index < -0.39 is 0 Å². The average molecular weight is 342 g/mol. The molecule has 2 bridgehead atoms. The standard InChI is InChI=1S/C14H19IN2/c15-13-6-1-2-7-14(13)17-11-4-3-5-12(17)9-10(16)8-11/h1-2,6-7,10-12H,3-5,8-9,16H2. The van der Waals surface area contributed by atoms with Crippen LogP contribution in [0.25, 0.3) is 0 Å². The van der Waals surface area contributed by atoms with E-state index in [1.807, 2.05) is 0 Å². The number of rotatable bonds is 1. The van der Waals surface area contributed by atoms with Crippen molar-refractivity contribution in [2.45, 2.75) is 50.2 Å². The lowest BCUT2D eigenvalue weighted by Crippen LogP contribution is -2.55. The number of anilines is 1. The van der Waals surface area contributed by atoms with Gasteiger partial charge in [0.2, 0.25) is 0 Å². The van der Waals surface area contributed by atoms with Gasteiger partial charge in [0.1, 0.15) is 0 Å². The van der Waals surface area contributed by atoms with Gasteiger partial charge in [0, 0.05) is 21.7 Å². The van der Waals surface area contributed by atoms with E-state index in [4.69, 9.17) is 5.73 Å². The molecule has 0 aromatic heterocycles. The number of piperidine rings is 2. The third-order valence-corrected chi connectivity index (χ3v) is 5.05. The summed E-state index contributed by atoms with van der Waals surface area (Å²) >= 11 is 2.46. The number of halogens is 1. The van der Waals surface area contributed by atoms with Crippen molar-refractivity contribution in [1.82, 2.24) is 0 Å². The van der Waals surface area contributed by atoms with Gasteiger partial charge >= 0.3 is 0 Å². The minimum Gasteiger partial charge on any atom is -0.365 e. The van der Waals surface area contributed by atoms with Gasteiger partial charge in [-0.15, -0.1) is 0 Å². The molecular formula is C14H19IN2. The van der Waals surface area contributed by atoms with Gasteiger partial charge in [-0.1, -0.05) is 12.1 Å². The molecular weight excluding hydrogens is 323 g/mol. The van der Waals surface area contributed by atoms with Crippen molar-refractivity contribution in [3.05, 3.63) is 27.8 Å². The molecule has 2 atom stereocenters. The smallest absolute Gasteiger partial charge is 0.0506 e. The fourth-order valence-corrected chi connectivity index (χ4v) is 4.14. The van der Waals surface area contributed by atoms with Crippen molar-refractivity contribution in [3.63, 3.8) is 0 Å². The van der Waals surface area contributed by atoms with Crippen molar-refractivity contribution < 1.29 is 0 Å². The van der Waals surface area contributed by atoms with Crippen LogP contribution in [0.4, 0.5) is 5.69 Å². The maximum absolute atomic E-state index is 6.17. The number of benzene rings is 1. The van der Waals surface area contributed by atoms with Gasteiger partial charge in [-0.2, -0.15) is 0 Å². The van der Waals surface area contributed by atoms with Crippen molar-refractivity contribution >= 4 is 28.3 Å². The number of nitrogens with zero attached hydrogens (tertiary/aromatic N) is 1. The van der Waals surface area contributed by atoms with Crippen LogP contribution in [-0.4, -0.2) is 18.1 Å². The Kier molecular flexibility index (Phi) is 3.30. The zero-order valence-electron chi connectivity index (χ0n) is 9.98. The van der Waals surface area contributed by atoms with Gasteiger partial charge in [0.15, 0.2) is 0 Å². The molecule has 2 N–H and O–H groups in total. The first-order valence-electron chi connectivity index (χ1n) is 6.54. The Morgan fingerprint density at radius 2 is 1.76 bits per heavy atom. The van der Waals surface area contributed by atoms with Crippen molar-refractivity contribution in [3.8, 4) is 0 Å². The van der Waals surface area contributed by atoms with E-state index in [2.05, 4.69) is 51.8 Å². The average Bonchev–Trinajstić information content (AvgIpc) is 2.29. The minimum absolute atomic E-state index is 0.419. The summed E-state index contributed by atoms with van der Waals surface area (Å²) in [5.41, 5.74) is 7.60. The highest BCUT2D eigenvalue weighted by Gasteiger charge is 2.37. The summed E-state index contributed by atoms with van der Waals surface area (Å²) in [5, 5.41) is 0. The van der Waals surface area contributed by atoms with Crippen LogP contribution in [0.15, 0.2) is 24.3 Å². The lowest BCUT2D eigenvalue weighted by atomic mass is 9.81. The van der Waals surface area contributed by atoms with Crippen LogP contribution in [0, 0.1) is 3.57 Å². The van der Waals surface area contributed by atoms with Crippen LogP contribution < -0.4 is 10.6 Å². The maximum Gasteiger partial charge on any atom is 0.0506 e. The lowest BCUT2D eigenvalue weighted by Gasteiger charge is -2.50. The highest BCUT2D eigenvalue weighted by atomic mass is 127. The fourth-order valence-electron chi connectivity index (χ4n) is 3.48. The summed E-state index contributed by atoms with van der Waals surface area (Å²) in [6, 6.07) is 10.5. The topological polar surface area (TPSA) is 29.3 Å². The molecule has 17 heavy (non-hydrogen) atoms. The Morgan fingerprint density at radius 1 is 1.12 bits per heavy atom. The molecule has 1 aromatic carbocycles. The van der Waals surface area contributed by atoms with Gasteiger partial charge < -0.3 is 10.6 Å². The fraction of sp³-hybridized carbons (Fsp3) is 0.571. The summed E-state index contributed by atoms with van der Waals surface area (Å²) in [6.07, 6.45) is 6.34. The zero-order chi connectivity index (χ0) is 11.8. The third-order valence-electron chi connectivity index (χ3n) is 4.14. The van der Waals surface area contributed by atoms with Gasteiger partial charge in [-0.05, 0) is 66.8 Å². The molecule has 0 spiro atoms. The zero-order valence-corrected chi connectivity index (χ0v) is 12.1. The second kappa shape index (κ2) is 4.76. The largest absolute Gasteiger partial charge is 0.365 e. The number of fused-ring (bicyclic) bond motifs is 2. The van der Waals surface area contributed by atoms with Gasteiger partial charge in [0.25, 0.3) is 0 Å². The number of hydrogen-bond acceptors (Lipinski definition) is 2. The van der Waals surface area contributed by atoms with E-state index in [1.165, 1.54) is 41.4 Å². The quantitative estimate of drug-likeness (QED) is 0.795. The number of nitrogens with two attached hydrogens (primary N) is 1. The summed E-state index contributed by atoms with van der Waals surface area (Å²) in [4.78, 5) is 2.66. The van der Waals surface area contributed by atoms with Crippen LogP contribution in [0.1, 0.15) is 32.1 Å². The predicted molar refractivity (Wildman–Crippen MR) is 80.3 cm³/mol. The van der Waals surface area contributed by atoms with Crippen LogP contribution in [0.5, 0.6) is 0 Å². The molecule has 2 fully saturated rings. The summed E-state index contributed by atoms with van der Waals surface area (Å²) in [7, 11) is 0. The van der Waals surface area contributed by atoms with E-state index in [1.54, 1.807) is 0 Å². The molecule has 3 rings (SSSR count). The van der Waals surface area contributed by atoms with Gasteiger partial charge in [0.05, 0.1) is 5.69 Å². The highest BCUT2D eigenvalue weighted by Crippen LogP contribution is 2.38. The van der Waals surface area contributed by atoms with Crippen molar-refractivity contribution in [1.29, 1.82) is 0 Å². The summed E-state index contributed by atoms with van der Waals surface area (Å²) < 4.78 is 1.37. The molecule has 92 valence electrons. The third kappa shape index (κ3) is 2.19. The van der Waals surface area contributed by atoms with Crippen molar-refractivity contribution in [2.75, 3.05) is 4.90 Å². The predicted octanol–water partition coefficient (Wildman–Crippen LogP) is 3.14. The van der Waals surface area contributed by atoms with Gasteiger partial charge in [-0.3, -0.25) is 0 Å². The first-order valence-corrected chi connectivity index (χ1v) is 7.62. The van der Waals surface area contributed by atoms with E-state index in [0.29, 0.717) is 18.1 Å². The van der Waals surface area contributed by atoms with Crippen LogP contribution in [0.2, 0.25) is 0 Å². The van der Waals surface area contributed by atoms with Crippen LogP contribution >= 0.6 is 22.6 Å². The highest BCUT2D eigenvalue weighted by molar-refractivity contribution is 14.1. The molecule has 0 amide bonds. The maximum atomic E-state index is 6.17. The SMILES string of the molecule is NC1CC2CCCC(C1)N2c1ccccc1I. The minimum atomic E-state index is 0.419. The Bertz CT molecular complexity index is 393. The Hall–Kier alpha value is -0.290. The molecule has 2 saturated heterocycles. The molecule has 2 nitrogen and oxygen atoms in total. The van der Waals surface area contributed by atoms with E-state index in [9.17, 15) is 0 Å². The molecule has 0 aliphatic carbocycles.